The third-order valence-corrected chi connectivity index (χ3v) is 4.61. The number of nitrogens with zero attached hydrogens (tertiary/aromatic N) is 6. The van der Waals surface area contributed by atoms with Crippen molar-refractivity contribution in [2.75, 3.05) is 39.3 Å². The quantitative estimate of drug-likeness (QED) is 0.813. The zero-order chi connectivity index (χ0) is 16.4. The van der Waals surface area contributed by atoms with Crippen LogP contribution in [-0.4, -0.2) is 80.7 Å². The first-order chi connectivity index (χ1) is 11.8. The molecule has 0 unspecified atom stereocenters. The van der Waals surface area contributed by atoms with Crippen molar-refractivity contribution in [3.8, 4) is 0 Å². The van der Waals surface area contributed by atoms with Crippen LogP contribution in [0, 0.1) is 0 Å². The molecule has 0 aromatic carbocycles. The van der Waals surface area contributed by atoms with Gasteiger partial charge in [-0.3, -0.25) is 4.79 Å². The van der Waals surface area contributed by atoms with Crippen LogP contribution >= 0.6 is 0 Å². The number of hydrogen-bond donors (Lipinski definition) is 0. The Balaban J connectivity index is 1.47. The molecule has 2 saturated heterocycles. The van der Waals surface area contributed by atoms with Crippen molar-refractivity contribution in [3.63, 3.8) is 0 Å². The van der Waals surface area contributed by atoms with Crippen molar-refractivity contribution in [1.82, 2.24) is 29.4 Å². The average molecular weight is 330 g/mol. The van der Waals surface area contributed by atoms with Gasteiger partial charge in [-0.15, -0.1) is 5.10 Å². The first-order valence-electron chi connectivity index (χ1n) is 8.60. The number of rotatable bonds is 3. The molecular weight excluding hydrogens is 308 g/mol. The maximum atomic E-state index is 12.8. The highest BCUT2D eigenvalue weighted by Gasteiger charge is 2.28. The smallest absolute Gasteiger partial charge is 0.293 e. The molecule has 1 atom stereocenters. The Morgan fingerprint density at radius 1 is 1.25 bits per heavy atom. The number of fused-ring (bicyclic) bond motifs is 1. The number of aromatic nitrogens is 4. The summed E-state index contributed by atoms with van der Waals surface area (Å²) in [7, 11) is 0. The number of hydrogen-bond acceptors (Lipinski definition) is 6. The van der Waals surface area contributed by atoms with E-state index in [4.69, 9.17) is 4.74 Å². The van der Waals surface area contributed by atoms with E-state index in [1.807, 2.05) is 4.90 Å². The van der Waals surface area contributed by atoms with Crippen LogP contribution in [0.25, 0.3) is 5.78 Å². The van der Waals surface area contributed by atoms with Gasteiger partial charge in [-0.1, -0.05) is 0 Å². The van der Waals surface area contributed by atoms with E-state index in [-0.39, 0.29) is 17.8 Å². The minimum absolute atomic E-state index is 0.0599. The Bertz CT molecular complexity index is 678. The summed E-state index contributed by atoms with van der Waals surface area (Å²) < 4.78 is 7.48. The fourth-order valence-electron chi connectivity index (χ4n) is 3.41. The summed E-state index contributed by atoms with van der Waals surface area (Å²) >= 11 is 0. The number of carbonyl (C=O) groups is 1. The van der Waals surface area contributed by atoms with Crippen molar-refractivity contribution in [2.24, 2.45) is 0 Å². The van der Waals surface area contributed by atoms with Crippen molar-refractivity contribution in [2.45, 2.75) is 25.4 Å². The lowest BCUT2D eigenvalue weighted by atomic mass is 10.3. The standard InChI is InChI=1S/C16H22N6O2/c23-15(14-18-16-17-5-3-9-22(16)19-14)21-8-4-10-24-13(12-21)11-20-6-1-2-7-20/h3,5,9,13H,1-2,4,6-8,10-12H2/t13-/m1/s1. The number of ether oxygens (including phenoxy) is 1. The number of likely N-dealkylation sites (tertiary alicyclic amines) is 1. The second-order valence-electron chi connectivity index (χ2n) is 6.40. The van der Waals surface area contributed by atoms with Crippen LogP contribution in [0.1, 0.15) is 29.9 Å². The summed E-state index contributed by atoms with van der Waals surface area (Å²) in [5.41, 5.74) is 0. The normalized spacial score (nSPS) is 22.8. The third kappa shape index (κ3) is 3.25. The van der Waals surface area contributed by atoms with Crippen LogP contribution < -0.4 is 0 Å². The Morgan fingerprint density at radius 3 is 2.96 bits per heavy atom. The molecule has 0 radical (unpaired) electrons. The fraction of sp³-hybridized carbons (Fsp3) is 0.625. The molecule has 2 aliphatic heterocycles. The molecule has 0 aliphatic carbocycles. The van der Waals surface area contributed by atoms with Crippen molar-refractivity contribution in [1.29, 1.82) is 0 Å². The molecule has 2 aliphatic rings. The molecular formula is C16H22N6O2. The van der Waals surface area contributed by atoms with Crippen LogP contribution in [0.2, 0.25) is 0 Å². The van der Waals surface area contributed by atoms with E-state index in [0.29, 0.717) is 25.5 Å². The molecule has 0 N–H and O–H groups in total. The van der Waals surface area contributed by atoms with Gasteiger partial charge in [-0.05, 0) is 38.4 Å². The van der Waals surface area contributed by atoms with Gasteiger partial charge in [-0.2, -0.15) is 4.98 Å². The SMILES string of the molecule is O=C(c1nc2ncccn2n1)N1CCCO[C@H](CN2CCCC2)C1. The lowest BCUT2D eigenvalue weighted by Gasteiger charge is -2.26. The highest BCUT2D eigenvalue weighted by molar-refractivity contribution is 5.90. The van der Waals surface area contributed by atoms with Crippen molar-refractivity contribution >= 4 is 11.7 Å². The zero-order valence-electron chi connectivity index (χ0n) is 13.7. The molecule has 8 heteroatoms. The number of amides is 1. The predicted octanol–water partition coefficient (Wildman–Crippen LogP) is 0.451. The molecule has 0 spiro atoms. The summed E-state index contributed by atoms with van der Waals surface area (Å²) in [5.74, 6) is 0.508. The van der Waals surface area contributed by atoms with E-state index in [0.717, 1.165) is 26.1 Å². The first-order valence-corrected chi connectivity index (χ1v) is 8.60. The van der Waals surface area contributed by atoms with Crippen molar-refractivity contribution in [3.05, 3.63) is 24.3 Å². The second-order valence-corrected chi connectivity index (χ2v) is 6.40. The molecule has 4 rings (SSSR count). The van der Waals surface area contributed by atoms with Gasteiger partial charge in [0, 0.05) is 38.6 Å². The Kier molecular flexibility index (Phi) is 4.40. The van der Waals surface area contributed by atoms with Gasteiger partial charge in [-0.25, -0.2) is 9.50 Å². The Hall–Kier alpha value is -2.06. The van der Waals surface area contributed by atoms with Crippen LogP contribution in [0.4, 0.5) is 0 Å². The van der Waals surface area contributed by atoms with Crippen LogP contribution in [0.3, 0.4) is 0 Å². The highest BCUT2D eigenvalue weighted by Crippen LogP contribution is 2.14. The van der Waals surface area contributed by atoms with Gasteiger partial charge < -0.3 is 14.5 Å². The molecule has 2 fully saturated rings. The lowest BCUT2D eigenvalue weighted by Crippen LogP contribution is -2.42. The van der Waals surface area contributed by atoms with E-state index in [1.165, 1.54) is 17.4 Å². The third-order valence-electron chi connectivity index (χ3n) is 4.61. The van der Waals surface area contributed by atoms with Crippen LogP contribution in [0.15, 0.2) is 18.5 Å². The lowest BCUT2D eigenvalue weighted by molar-refractivity contribution is 0.0295. The van der Waals surface area contributed by atoms with Gasteiger partial charge in [0.2, 0.25) is 5.82 Å². The maximum Gasteiger partial charge on any atom is 0.293 e. The van der Waals surface area contributed by atoms with Gasteiger partial charge in [0.15, 0.2) is 0 Å². The molecule has 0 bridgehead atoms. The molecule has 24 heavy (non-hydrogen) atoms. The summed E-state index contributed by atoms with van der Waals surface area (Å²) in [6, 6.07) is 1.77. The molecule has 1 amide bonds. The van der Waals surface area contributed by atoms with Gasteiger partial charge in [0.1, 0.15) is 0 Å². The van der Waals surface area contributed by atoms with Crippen LogP contribution in [-0.2, 0) is 4.74 Å². The van der Waals surface area contributed by atoms with Crippen LogP contribution in [0.5, 0.6) is 0 Å². The maximum absolute atomic E-state index is 12.8. The second kappa shape index (κ2) is 6.82. The van der Waals surface area contributed by atoms with E-state index < -0.39 is 0 Å². The molecule has 2 aromatic heterocycles. The summed E-state index contributed by atoms with van der Waals surface area (Å²) in [6.07, 6.45) is 6.80. The molecule has 0 saturated carbocycles. The van der Waals surface area contributed by atoms with E-state index in [2.05, 4.69) is 20.0 Å². The van der Waals surface area contributed by atoms with Gasteiger partial charge >= 0.3 is 0 Å². The molecule has 128 valence electrons. The number of carbonyl (C=O) groups excluding carboxylic acids is 1. The van der Waals surface area contributed by atoms with Gasteiger partial charge in [0.25, 0.3) is 11.7 Å². The summed E-state index contributed by atoms with van der Waals surface area (Å²) in [6.45, 7) is 5.13. The fourth-order valence-corrected chi connectivity index (χ4v) is 3.41. The molecule has 4 heterocycles. The molecule has 8 nitrogen and oxygen atoms in total. The predicted molar refractivity (Wildman–Crippen MR) is 86.7 cm³/mol. The zero-order valence-corrected chi connectivity index (χ0v) is 13.7. The van der Waals surface area contributed by atoms with E-state index >= 15 is 0 Å². The van der Waals surface area contributed by atoms with E-state index in [1.54, 1.807) is 18.5 Å². The monoisotopic (exact) mass is 330 g/mol. The largest absolute Gasteiger partial charge is 0.375 e. The van der Waals surface area contributed by atoms with Crippen molar-refractivity contribution < 1.29 is 9.53 Å². The van der Waals surface area contributed by atoms with E-state index in [9.17, 15) is 4.79 Å². The van der Waals surface area contributed by atoms with Gasteiger partial charge in [0.05, 0.1) is 6.10 Å². The topological polar surface area (TPSA) is 75.9 Å². The first kappa shape index (κ1) is 15.5. The Labute approximate surface area is 140 Å². The minimum atomic E-state index is -0.141. The summed E-state index contributed by atoms with van der Waals surface area (Å²) in [5, 5.41) is 4.25. The average Bonchev–Trinajstić information content (AvgIpc) is 3.20. The highest BCUT2D eigenvalue weighted by atomic mass is 16.5. The Morgan fingerprint density at radius 2 is 2.12 bits per heavy atom. The minimum Gasteiger partial charge on any atom is -0.375 e. The summed E-state index contributed by atoms with van der Waals surface area (Å²) in [4.78, 5) is 25.4. The molecule has 2 aromatic rings.